The van der Waals surface area contributed by atoms with Crippen LogP contribution in [0.25, 0.3) is 0 Å². The van der Waals surface area contributed by atoms with Gasteiger partial charge in [0.1, 0.15) is 0 Å². The number of piperidine rings is 2. The maximum Gasteiger partial charge on any atom is 0.253 e. The lowest BCUT2D eigenvalue weighted by molar-refractivity contribution is -0.138. The normalized spacial score (nSPS) is 22.9. The van der Waals surface area contributed by atoms with Gasteiger partial charge in [0, 0.05) is 36.8 Å². The molecular formula is C20H29Cl2N3O2. The molecule has 5 nitrogen and oxygen atoms in total. The Morgan fingerprint density at radius 3 is 2.44 bits per heavy atom. The van der Waals surface area contributed by atoms with Gasteiger partial charge >= 0.3 is 0 Å². The van der Waals surface area contributed by atoms with Crippen molar-refractivity contribution in [2.75, 3.05) is 39.8 Å². The Labute approximate surface area is 172 Å². The predicted molar refractivity (Wildman–Crippen MR) is 111 cm³/mol. The van der Waals surface area contributed by atoms with Gasteiger partial charge in [-0.05, 0) is 69.5 Å². The van der Waals surface area contributed by atoms with E-state index in [0.29, 0.717) is 29.6 Å². The van der Waals surface area contributed by atoms with Crippen LogP contribution in [0, 0.1) is 11.8 Å². The number of hydrogen-bond acceptors (Lipinski definition) is 3. The van der Waals surface area contributed by atoms with Crippen LogP contribution >= 0.6 is 24.0 Å². The van der Waals surface area contributed by atoms with Gasteiger partial charge in [0.25, 0.3) is 5.91 Å². The summed E-state index contributed by atoms with van der Waals surface area (Å²) in [5.74, 6) is 0.673. The number of carbonyl (C=O) groups is 2. The van der Waals surface area contributed by atoms with Crippen molar-refractivity contribution in [1.82, 2.24) is 15.1 Å². The first-order chi connectivity index (χ1) is 12.6. The molecule has 0 aromatic heterocycles. The number of hydrogen-bond donors (Lipinski definition) is 1. The molecular weight excluding hydrogens is 385 g/mol. The summed E-state index contributed by atoms with van der Waals surface area (Å²) in [5, 5.41) is 3.84. The number of carbonyl (C=O) groups excluding carboxylic acids is 2. The molecule has 2 aliphatic heterocycles. The lowest BCUT2D eigenvalue weighted by Gasteiger charge is -2.38. The Hall–Kier alpha value is -1.30. The lowest BCUT2D eigenvalue weighted by Crippen LogP contribution is -2.49. The molecule has 0 saturated carbocycles. The van der Waals surface area contributed by atoms with E-state index in [-0.39, 0.29) is 30.1 Å². The summed E-state index contributed by atoms with van der Waals surface area (Å²) in [7, 11) is 1.96. The third-order valence-corrected chi connectivity index (χ3v) is 5.72. The smallest absolute Gasteiger partial charge is 0.253 e. The summed E-state index contributed by atoms with van der Waals surface area (Å²) in [5.41, 5.74) is 0.634. The molecule has 2 fully saturated rings. The van der Waals surface area contributed by atoms with Crippen LogP contribution < -0.4 is 5.32 Å². The number of rotatable bonds is 4. The molecule has 0 spiro atoms. The van der Waals surface area contributed by atoms with Gasteiger partial charge in [-0.15, -0.1) is 12.4 Å². The second-order valence-corrected chi connectivity index (χ2v) is 7.88. The van der Waals surface area contributed by atoms with Crippen molar-refractivity contribution in [3.8, 4) is 0 Å². The molecule has 2 unspecified atom stereocenters. The zero-order chi connectivity index (χ0) is 18.5. The van der Waals surface area contributed by atoms with Gasteiger partial charge < -0.3 is 15.1 Å². The molecule has 150 valence electrons. The van der Waals surface area contributed by atoms with E-state index in [0.717, 1.165) is 38.9 Å². The number of nitrogens with zero attached hydrogens (tertiary/aromatic N) is 2. The number of nitrogens with one attached hydrogen (secondary N) is 1. The largest absolute Gasteiger partial charge is 0.342 e. The standard InChI is InChI=1S/C20H28ClN3O2.ClH/c1-22-12-15-4-2-10-23(13-15)20(26)17-5-3-11-24(14-17)19(25)16-6-8-18(21)9-7-16;/h6-9,15,17,22H,2-5,10-14H2,1H3;1H. The maximum atomic E-state index is 13.0. The van der Waals surface area contributed by atoms with Gasteiger partial charge in [-0.1, -0.05) is 11.6 Å². The van der Waals surface area contributed by atoms with Crippen molar-refractivity contribution < 1.29 is 9.59 Å². The van der Waals surface area contributed by atoms with Gasteiger partial charge in [-0.3, -0.25) is 9.59 Å². The van der Waals surface area contributed by atoms with Crippen molar-refractivity contribution in [3.05, 3.63) is 34.9 Å². The Kier molecular flexibility index (Phi) is 8.39. The number of amides is 2. The van der Waals surface area contributed by atoms with Crippen LogP contribution in [-0.4, -0.2) is 61.4 Å². The average Bonchev–Trinajstić information content (AvgIpc) is 2.68. The summed E-state index contributed by atoms with van der Waals surface area (Å²) in [6.45, 7) is 3.87. The third-order valence-electron chi connectivity index (χ3n) is 5.47. The molecule has 1 aromatic rings. The van der Waals surface area contributed by atoms with Crippen molar-refractivity contribution in [3.63, 3.8) is 0 Å². The summed E-state index contributed by atoms with van der Waals surface area (Å²) in [4.78, 5) is 29.6. The van der Waals surface area contributed by atoms with Crippen molar-refractivity contribution >= 4 is 35.8 Å². The monoisotopic (exact) mass is 413 g/mol. The van der Waals surface area contributed by atoms with Gasteiger partial charge in [0.05, 0.1) is 5.92 Å². The van der Waals surface area contributed by atoms with Crippen molar-refractivity contribution in [1.29, 1.82) is 0 Å². The minimum atomic E-state index is -0.0756. The first-order valence-corrected chi connectivity index (χ1v) is 9.94. The van der Waals surface area contributed by atoms with Gasteiger partial charge in [-0.25, -0.2) is 0 Å². The first kappa shape index (κ1) is 22.0. The van der Waals surface area contributed by atoms with E-state index in [1.165, 1.54) is 6.42 Å². The minimum absolute atomic E-state index is 0. The quantitative estimate of drug-likeness (QED) is 0.824. The molecule has 2 aliphatic rings. The molecule has 2 saturated heterocycles. The van der Waals surface area contributed by atoms with Crippen LogP contribution in [0.3, 0.4) is 0 Å². The van der Waals surface area contributed by atoms with Crippen LogP contribution in [0.5, 0.6) is 0 Å². The molecule has 27 heavy (non-hydrogen) atoms. The van der Waals surface area contributed by atoms with Crippen LogP contribution in [-0.2, 0) is 4.79 Å². The highest BCUT2D eigenvalue weighted by Crippen LogP contribution is 2.24. The summed E-state index contributed by atoms with van der Waals surface area (Å²) in [6.07, 6.45) is 3.99. The van der Waals surface area contributed by atoms with E-state index in [9.17, 15) is 9.59 Å². The van der Waals surface area contributed by atoms with Crippen LogP contribution in [0.1, 0.15) is 36.0 Å². The molecule has 1 aromatic carbocycles. The zero-order valence-corrected chi connectivity index (χ0v) is 17.4. The zero-order valence-electron chi connectivity index (χ0n) is 15.8. The molecule has 0 bridgehead atoms. The average molecular weight is 414 g/mol. The predicted octanol–water partition coefficient (Wildman–Crippen LogP) is 3.07. The van der Waals surface area contributed by atoms with Gasteiger partial charge in [-0.2, -0.15) is 0 Å². The molecule has 3 rings (SSSR count). The molecule has 2 atom stereocenters. The van der Waals surface area contributed by atoms with E-state index in [4.69, 9.17) is 11.6 Å². The Morgan fingerprint density at radius 1 is 1.07 bits per heavy atom. The molecule has 2 amide bonds. The summed E-state index contributed by atoms with van der Waals surface area (Å²) in [6, 6.07) is 6.97. The Morgan fingerprint density at radius 2 is 1.74 bits per heavy atom. The van der Waals surface area contributed by atoms with E-state index in [2.05, 4.69) is 5.32 Å². The van der Waals surface area contributed by atoms with E-state index >= 15 is 0 Å². The fourth-order valence-corrected chi connectivity index (χ4v) is 4.24. The van der Waals surface area contributed by atoms with Gasteiger partial charge in [0.15, 0.2) is 0 Å². The van der Waals surface area contributed by atoms with Crippen LogP contribution in [0.4, 0.5) is 0 Å². The molecule has 7 heteroatoms. The van der Waals surface area contributed by atoms with E-state index in [1.807, 2.05) is 16.8 Å². The first-order valence-electron chi connectivity index (χ1n) is 9.56. The maximum absolute atomic E-state index is 13.0. The van der Waals surface area contributed by atoms with Crippen molar-refractivity contribution in [2.24, 2.45) is 11.8 Å². The molecule has 0 radical (unpaired) electrons. The highest BCUT2D eigenvalue weighted by Gasteiger charge is 2.33. The van der Waals surface area contributed by atoms with E-state index in [1.54, 1.807) is 24.3 Å². The van der Waals surface area contributed by atoms with Crippen LogP contribution in [0.2, 0.25) is 5.02 Å². The minimum Gasteiger partial charge on any atom is -0.342 e. The topological polar surface area (TPSA) is 52.7 Å². The van der Waals surface area contributed by atoms with Crippen LogP contribution in [0.15, 0.2) is 24.3 Å². The Bertz CT molecular complexity index is 637. The number of benzene rings is 1. The molecule has 2 heterocycles. The van der Waals surface area contributed by atoms with E-state index < -0.39 is 0 Å². The SMILES string of the molecule is CNCC1CCCN(C(=O)C2CCCN(C(=O)c3ccc(Cl)cc3)C2)C1.Cl. The second kappa shape index (κ2) is 10.3. The number of halogens is 2. The lowest BCUT2D eigenvalue weighted by atomic mass is 9.92. The fourth-order valence-electron chi connectivity index (χ4n) is 4.12. The molecule has 1 N–H and O–H groups in total. The second-order valence-electron chi connectivity index (χ2n) is 7.45. The number of likely N-dealkylation sites (tertiary alicyclic amines) is 2. The Balaban J connectivity index is 0.00000261. The van der Waals surface area contributed by atoms with Gasteiger partial charge in [0.2, 0.25) is 5.91 Å². The molecule has 0 aliphatic carbocycles. The third kappa shape index (κ3) is 5.59. The highest BCUT2D eigenvalue weighted by molar-refractivity contribution is 6.30. The summed E-state index contributed by atoms with van der Waals surface area (Å²) < 4.78 is 0. The summed E-state index contributed by atoms with van der Waals surface area (Å²) >= 11 is 5.91. The van der Waals surface area contributed by atoms with Crippen molar-refractivity contribution in [2.45, 2.75) is 25.7 Å². The fraction of sp³-hybridized carbons (Fsp3) is 0.600. The highest BCUT2D eigenvalue weighted by atomic mass is 35.5.